The third-order valence-electron chi connectivity index (χ3n) is 5.66. The molecule has 1 aliphatic rings. The number of nitrogens with zero attached hydrogens (tertiary/aromatic N) is 1. The number of hydrogen-bond acceptors (Lipinski definition) is 10. The molecule has 254 valence electrons. The molecule has 0 saturated carbocycles. The van der Waals surface area contributed by atoms with Crippen molar-refractivity contribution in [3.63, 3.8) is 0 Å². The van der Waals surface area contributed by atoms with Gasteiger partial charge in [-0.3, -0.25) is 9.59 Å². The molecule has 1 aliphatic heterocycles. The van der Waals surface area contributed by atoms with Crippen LogP contribution in [0.3, 0.4) is 0 Å². The van der Waals surface area contributed by atoms with Crippen molar-refractivity contribution in [3.8, 4) is 5.75 Å². The van der Waals surface area contributed by atoms with Crippen LogP contribution in [0.2, 0.25) is 5.02 Å². The van der Waals surface area contributed by atoms with Gasteiger partial charge in [0.2, 0.25) is 0 Å². The van der Waals surface area contributed by atoms with Crippen molar-refractivity contribution in [1.82, 2.24) is 5.32 Å². The van der Waals surface area contributed by atoms with E-state index in [4.69, 9.17) is 41.5 Å². The molecular weight excluding hydrogens is 660 g/mol. The van der Waals surface area contributed by atoms with Crippen molar-refractivity contribution in [3.05, 3.63) is 77.4 Å². The predicted octanol–water partition coefficient (Wildman–Crippen LogP) is 3.88. The summed E-state index contributed by atoms with van der Waals surface area (Å²) in [5.41, 5.74) is 1.63. The molecule has 0 aliphatic carbocycles. The number of carbonyl (C=O) groups is 6. The highest BCUT2D eigenvalue weighted by Gasteiger charge is 2.40. The minimum absolute atomic E-state index is 0.247. The third-order valence-corrected chi connectivity index (χ3v) is 7.25. The number of thioether (sulfide) groups is 1. The van der Waals surface area contributed by atoms with E-state index in [2.05, 4.69) is 12.2 Å². The summed E-state index contributed by atoms with van der Waals surface area (Å²) < 4.78 is 10.8. The van der Waals surface area contributed by atoms with E-state index in [0.29, 0.717) is 48.2 Å². The summed E-state index contributed by atoms with van der Waals surface area (Å²) in [5, 5.41) is 34.7. The first-order valence-corrected chi connectivity index (χ1v) is 15.0. The monoisotopic (exact) mass is 694 g/mol. The molecule has 0 radical (unpaired) electrons. The van der Waals surface area contributed by atoms with E-state index in [0.717, 1.165) is 29.1 Å². The van der Waals surface area contributed by atoms with Crippen LogP contribution in [0.15, 0.2) is 71.7 Å². The zero-order valence-electron chi connectivity index (χ0n) is 25.6. The number of carboxylic acid groups (broad SMARTS) is 4. The predicted molar refractivity (Wildman–Crippen MR) is 173 cm³/mol. The van der Waals surface area contributed by atoms with Gasteiger partial charge in [-0.05, 0) is 48.9 Å². The van der Waals surface area contributed by atoms with E-state index in [1.165, 1.54) is 18.7 Å². The summed E-state index contributed by atoms with van der Waals surface area (Å²) in [6, 6.07) is 12.9. The molecule has 0 saturated heterocycles. The van der Waals surface area contributed by atoms with Crippen LogP contribution in [0.4, 0.5) is 5.69 Å². The summed E-state index contributed by atoms with van der Waals surface area (Å²) >= 11 is 7.76. The zero-order chi connectivity index (χ0) is 35.5. The molecule has 0 fully saturated rings. The average molecular weight is 695 g/mol. The van der Waals surface area contributed by atoms with Crippen LogP contribution < -0.4 is 15.0 Å². The van der Waals surface area contributed by atoms with Gasteiger partial charge in [0.05, 0.1) is 18.0 Å². The molecule has 0 unspecified atom stereocenters. The van der Waals surface area contributed by atoms with Crippen LogP contribution in [-0.4, -0.2) is 89.0 Å². The lowest BCUT2D eigenvalue weighted by Crippen LogP contribution is -2.45. The number of carbonyl (C=O) groups excluding carboxylic acids is 2. The minimum atomic E-state index is -1.26. The molecule has 0 aromatic heterocycles. The van der Waals surface area contributed by atoms with Gasteiger partial charge in [-0.15, -0.1) is 11.8 Å². The van der Waals surface area contributed by atoms with Gasteiger partial charge in [-0.1, -0.05) is 30.7 Å². The van der Waals surface area contributed by atoms with Gasteiger partial charge in [0, 0.05) is 54.2 Å². The highest BCUT2D eigenvalue weighted by molar-refractivity contribution is 7.99. The van der Waals surface area contributed by atoms with E-state index >= 15 is 0 Å². The number of rotatable bonds is 12. The molecule has 14 nitrogen and oxygen atoms in total. The number of fused-ring (bicyclic) bond motifs is 1. The average Bonchev–Trinajstić information content (AvgIpc) is 3.11. The summed E-state index contributed by atoms with van der Waals surface area (Å²) in [4.78, 5) is 66.3. The Bertz CT molecular complexity index is 1400. The van der Waals surface area contributed by atoms with Crippen LogP contribution in [0.25, 0.3) is 0 Å². The normalized spacial score (nSPS) is 15.3. The van der Waals surface area contributed by atoms with Crippen molar-refractivity contribution < 1.29 is 58.7 Å². The number of nitrogens with one attached hydrogen (secondary N) is 1. The fourth-order valence-electron chi connectivity index (χ4n) is 3.74. The number of carboxylic acids is 4. The van der Waals surface area contributed by atoms with E-state index in [1.54, 1.807) is 18.1 Å². The fourth-order valence-corrected chi connectivity index (χ4v) is 5.33. The van der Waals surface area contributed by atoms with Crippen LogP contribution in [0.1, 0.15) is 31.1 Å². The maximum Gasteiger partial charge on any atom is 0.328 e. The van der Waals surface area contributed by atoms with Gasteiger partial charge in [0.15, 0.2) is 6.10 Å². The fraction of sp³-hybridized carbons (Fsp3) is 0.290. The van der Waals surface area contributed by atoms with Crippen molar-refractivity contribution >= 4 is 64.8 Å². The molecule has 1 amide bonds. The molecule has 0 bridgehead atoms. The van der Waals surface area contributed by atoms with Crippen LogP contribution in [-0.2, 0) is 33.5 Å². The van der Waals surface area contributed by atoms with Gasteiger partial charge < -0.3 is 40.1 Å². The van der Waals surface area contributed by atoms with Crippen molar-refractivity contribution in [2.75, 3.05) is 31.6 Å². The largest absolute Gasteiger partial charge is 0.497 e. The minimum Gasteiger partial charge on any atom is -0.497 e. The lowest BCUT2D eigenvalue weighted by molar-refractivity contribution is -0.152. The van der Waals surface area contributed by atoms with Crippen molar-refractivity contribution in [2.45, 2.75) is 36.5 Å². The summed E-state index contributed by atoms with van der Waals surface area (Å²) in [6.07, 6.45) is 2.27. The van der Waals surface area contributed by atoms with E-state index < -0.39 is 41.2 Å². The second kappa shape index (κ2) is 21.0. The smallest absolute Gasteiger partial charge is 0.328 e. The topological polar surface area (TPSA) is 217 Å². The maximum absolute atomic E-state index is 13.6. The first kappa shape index (κ1) is 40.2. The summed E-state index contributed by atoms with van der Waals surface area (Å²) in [6.45, 7) is 5.37. The second-order valence-corrected chi connectivity index (χ2v) is 10.8. The Morgan fingerprint density at radius 3 is 1.87 bits per heavy atom. The number of ether oxygens (including phenoxy) is 2. The van der Waals surface area contributed by atoms with E-state index in [1.807, 2.05) is 36.4 Å². The van der Waals surface area contributed by atoms with Gasteiger partial charge in [-0.25, -0.2) is 19.2 Å². The number of amides is 1. The molecule has 2 atom stereocenters. The summed E-state index contributed by atoms with van der Waals surface area (Å²) in [7, 11) is 1.60. The van der Waals surface area contributed by atoms with Crippen molar-refractivity contribution in [1.29, 1.82) is 0 Å². The van der Waals surface area contributed by atoms with Crippen molar-refractivity contribution in [2.24, 2.45) is 0 Å². The quantitative estimate of drug-likeness (QED) is 0.121. The summed E-state index contributed by atoms with van der Waals surface area (Å²) in [5.74, 6) is -5.06. The second-order valence-electron chi connectivity index (χ2n) is 9.21. The van der Waals surface area contributed by atoms with Gasteiger partial charge in [0.25, 0.3) is 5.91 Å². The first-order chi connectivity index (χ1) is 22.2. The number of esters is 1. The van der Waals surface area contributed by atoms with Crippen LogP contribution >= 0.6 is 23.4 Å². The van der Waals surface area contributed by atoms with Gasteiger partial charge in [-0.2, -0.15) is 0 Å². The number of aliphatic carboxylic acids is 4. The molecule has 3 rings (SSSR count). The molecule has 2 aromatic rings. The Morgan fingerprint density at radius 2 is 1.43 bits per heavy atom. The number of anilines is 1. The lowest BCUT2D eigenvalue weighted by atomic mass is 10.1. The van der Waals surface area contributed by atoms with Gasteiger partial charge in [0.1, 0.15) is 5.75 Å². The Hall–Kier alpha value is -4.86. The van der Waals surface area contributed by atoms with E-state index in [-0.39, 0.29) is 5.91 Å². The number of methoxy groups -OCH3 is 1. The lowest BCUT2D eigenvalue weighted by Gasteiger charge is -2.27. The molecule has 1 heterocycles. The SMILES string of the molecule is CCCNCCN1C(=O)[C@@H](OC(C)=O)[C@@H](c2ccc(OC)cc2)Sc2cc(Cl)ccc21.O=C(O)/C=C/C(=O)O.O=C(O)/C=C/C(=O)O. The van der Waals surface area contributed by atoms with Crippen LogP contribution in [0, 0.1) is 0 Å². The number of benzene rings is 2. The standard InChI is InChI=1S/C23H27ClN2O4S.2C4H4O4/c1-4-11-25-12-13-26-19-10-7-17(24)14-20(19)31-22(21(23(26)28)30-15(2)27)16-5-8-18(29-3)9-6-16;2*5-3(6)1-2-4(7)8/h5-10,14,21-22,25H,4,11-13H2,1-3H3;2*1-2H,(H,5,6)(H,7,8)/b;2*2-1+/t21-,22+;;/m0../s1. The molecule has 5 N–H and O–H groups in total. The molecule has 47 heavy (non-hydrogen) atoms. The Balaban J connectivity index is 0.000000569. The highest BCUT2D eigenvalue weighted by atomic mass is 35.5. The number of halogens is 1. The molecule has 16 heteroatoms. The number of hydrogen-bond donors (Lipinski definition) is 5. The van der Waals surface area contributed by atoms with E-state index in [9.17, 15) is 28.8 Å². The zero-order valence-corrected chi connectivity index (χ0v) is 27.2. The third kappa shape index (κ3) is 15.3. The maximum atomic E-state index is 13.6. The Kier molecular flexibility index (Phi) is 18.0. The Labute approximate surface area is 279 Å². The first-order valence-electron chi connectivity index (χ1n) is 13.8. The highest BCUT2D eigenvalue weighted by Crippen LogP contribution is 2.47. The van der Waals surface area contributed by atoms with Gasteiger partial charge >= 0.3 is 29.8 Å². The Morgan fingerprint density at radius 1 is 0.894 bits per heavy atom. The van der Waals surface area contributed by atoms with Crippen LogP contribution in [0.5, 0.6) is 5.75 Å². The molecule has 0 spiro atoms. The molecule has 2 aromatic carbocycles. The molecular formula is C31H35ClN2O12S.